The number of hydrogen-bond donors (Lipinski definition) is 2. The molecule has 0 saturated carbocycles. The normalized spacial score (nSPS) is 21.6. The van der Waals surface area contributed by atoms with Gasteiger partial charge in [0, 0.05) is 0 Å². The molecule has 3 heteroatoms. The molecule has 0 aromatic carbocycles. The Labute approximate surface area is 93.4 Å². The first-order valence-electron chi connectivity index (χ1n) is 6.13. The maximum absolute atomic E-state index is 9.82. The van der Waals surface area contributed by atoms with Crippen molar-refractivity contribution in [2.75, 3.05) is 26.2 Å². The molecule has 15 heavy (non-hydrogen) atoms. The summed E-state index contributed by atoms with van der Waals surface area (Å²) < 4.78 is 5.57. The number of ether oxygens (including phenoxy) is 1. The maximum atomic E-state index is 9.82. The smallest absolute Gasteiger partial charge is 0.126 e. The lowest BCUT2D eigenvalue weighted by molar-refractivity contribution is -0.908. The van der Waals surface area contributed by atoms with Gasteiger partial charge in [0.05, 0.1) is 25.3 Å². The predicted molar refractivity (Wildman–Crippen MR) is 61.1 cm³/mol. The molecular formula is C12H26NO2+. The predicted octanol–water partition coefficient (Wildman–Crippen LogP) is 0.231. The highest BCUT2D eigenvalue weighted by molar-refractivity contribution is 4.61. The topological polar surface area (TPSA) is 33.9 Å². The van der Waals surface area contributed by atoms with Gasteiger partial charge in [-0.25, -0.2) is 0 Å². The summed E-state index contributed by atoms with van der Waals surface area (Å²) >= 11 is 0. The van der Waals surface area contributed by atoms with Crippen LogP contribution in [0, 0.1) is 0 Å². The van der Waals surface area contributed by atoms with Gasteiger partial charge in [-0.05, 0) is 40.0 Å². The van der Waals surface area contributed by atoms with Crippen molar-refractivity contribution in [2.24, 2.45) is 0 Å². The van der Waals surface area contributed by atoms with Crippen LogP contribution in [0.4, 0.5) is 0 Å². The van der Waals surface area contributed by atoms with Crippen LogP contribution in [-0.2, 0) is 4.74 Å². The van der Waals surface area contributed by atoms with Crippen molar-refractivity contribution in [3.8, 4) is 0 Å². The van der Waals surface area contributed by atoms with Crippen molar-refractivity contribution in [1.29, 1.82) is 0 Å². The molecule has 1 aliphatic rings. The molecule has 0 aromatic heterocycles. The van der Waals surface area contributed by atoms with Crippen LogP contribution >= 0.6 is 0 Å². The van der Waals surface area contributed by atoms with Gasteiger partial charge < -0.3 is 14.7 Å². The molecule has 0 bridgehead atoms. The molecular weight excluding hydrogens is 190 g/mol. The number of rotatable bonds is 4. The first kappa shape index (κ1) is 12.9. The monoisotopic (exact) mass is 216 g/mol. The first-order valence-corrected chi connectivity index (χ1v) is 6.13. The lowest BCUT2D eigenvalue weighted by atomic mass is 10.1. The average Bonchev–Trinajstić information content (AvgIpc) is 2.15. The Kier molecular flexibility index (Phi) is 5.03. The van der Waals surface area contributed by atoms with E-state index in [1.54, 1.807) is 0 Å². The molecule has 1 saturated heterocycles. The highest BCUT2D eigenvalue weighted by Gasteiger charge is 2.20. The second-order valence-electron chi connectivity index (χ2n) is 5.59. The summed E-state index contributed by atoms with van der Waals surface area (Å²) in [5.41, 5.74) is -0.141. The van der Waals surface area contributed by atoms with Gasteiger partial charge >= 0.3 is 0 Å². The lowest BCUT2D eigenvalue weighted by Crippen LogP contribution is -3.14. The zero-order chi connectivity index (χ0) is 11.3. The van der Waals surface area contributed by atoms with E-state index in [-0.39, 0.29) is 11.7 Å². The molecule has 3 nitrogen and oxygen atoms in total. The molecule has 1 aliphatic heterocycles. The largest absolute Gasteiger partial charge is 0.385 e. The summed E-state index contributed by atoms with van der Waals surface area (Å²) in [6, 6.07) is 0. The second kappa shape index (κ2) is 5.83. The Bertz CT molecular complexity index is 171. The number of aliphatic hydroxyl groups is 1. The van der Waals surface area contributed by atoms with Crippen LogP contribution in [0.25, 0.3) is 0 Å². The van der Waals surface area contributed by atoms with Crippen molar-refractivity contribution in [3.63, 3.8) is 0 Å². The van der Waals surface area contributed by atoms with Gasteiger partial charge in [0.15, 0.2) is 0 Å². The standard InChI is InChI=1S/C12H25NO2/c1-12(2,3)15-10-11(14)9-13-7-5-4-6-8-13/h11,14H,4-10H2,1-3H3/p+1/t11-/m0/s1. The Hall–Kier alpha value is -0.120. The summed E-state index contributed by atoms with van der Waals surface area (Å²) in [5, 5.41) is 9.82. The van der Waals surface area contributed by atoms with E-state index in [2.05, 4.69) is 0 Å². The molecule has 90 valence electrons. The second-order valence-corrected chi connectivity index (χ2v) is 5.59. The molecule has 0 spiro atoms. The van der Waals surface area contributed by atoms with Crippen molar-refractivity contribution in [1.82, 2.24) is 0 Å². The van der Waals surface area contributed by atoms with Crippen LogP contribution in [0.1, 0.15) is 40.0 Å². The van der Waals surface area contributed by atoms with Gasteiger partial charge in [-0.3, -0.25) is 0 Å². The third-order valence-corrected chi connectivity index (χ3v) is 2.79. The number of likely N-dealkylation sites (tertiary alicyclic amines) is 1. The number of nitrogens with one attached hydrogen (secondary N) is 1. The molecule has 0 aromatic rings. The van der Waals surface area contributed by atoms with Crippen molar-refractivity contribution < 1.29 is 14.7 Å². The Morgan fingerprint density at radius 2 is 1.80 bits per heavy atom. The van der Waals surface area contributed by atoms with Crippen LogP contribution < -0.4 is 4.90 Å². The summed E-state index contributed by atoms with van der Waals surface area (Å²) in [5.74, 6) is 0. The summed E-state index contributed by atoms with van der Waals surface area (Å²) in [6.07, 6.45) is 3.67. The van der Waals surface area contributed by atoms with E-state index in [0.717, 1.165) is 6.54 Å². The van der Waals surface area contributed by atoms with Crippen LogP contribution in [0.2, 0.25) is 0 Å². The van der Waals surface area contributed by atoms with Gasteiger partial charge in [0.2, 0.25) is 0 Å². The molecule has 0 unspecified atom stereocenters. The molecule has 1 heterocycles. The molecule has 1 fully saturated rings. The molecule has 1 atom stereocenters. The highest BCUT2D eigenvalue weighted by Crippen LogP contribution is 2.06. The molecule has 2 N–H and O–H groups in total. The zero-order valence-corrected chi connectivity index (χ0v) is 10.4. The van der Waals surface area contributed by atoms with Crippen LogP contribution in [0.3, 0.4) is 0 Å². The quantitative estimate of drug-likeness (QED) is 0.705. The Balaban J connectivity index is 2.14. The molecule has 0 amide bonds. The zero-order valence-electron chi connectivity index (χ0n) is 10.4. The van der Waals surface area contributed by atoms with Gasteiger partial charge in [-0.15, -0.1) is 0 Å². The lowest BCUT2D eigenvalue weighted by Gasteiger charge is -2.27. The molecule has 0 aliphatic carbocycles. The average molecular weight is 216 g/mol. The molecule has 1 rings (SSSR count). The minimum Gasteiger partial charge on any atom is -0.385 e. The van der Waals surface area contributed by atoms with Crippen LogP contribution in [-0.4, -0.2) is 43.1 Å². The number of piperidine rings is 1. The van der Waals surface area contributed by atoms with Crippen molar-refractivity contribution in [3.05, 3.63) is 0 Å². The third-order valence-electron chi connectivity index (χ3n) is 2.79. The van der Waals surface area contributed by atoms with E-state index in [4.69, 9.17) is 4.74 Å². The van der Waals surface area contributed by atoms with E-state index < -0.39 is 0 Å². The van der Waals surface area contributed by atoms with Crippen LogP contribution in [0.15, 0.2) is 0 Å². The van der Waals surface area contributed by atoms with E-state index in [0.29, 0.717) is 6.61 Å². The van der Waals surface area contributed by atoms with E-state index >= 15 is 0 Å². The fourth-order valence-corrected chi connectivity index (χ4v) is 1.99. The third kappa shape index (κ3) is 6.13. The van der Waals surface area contributed by atoms with Crippen molar-refractivity contribution in [2.45, 2.75) is 51.7 Å². The highest BCUT2D eigenvalue weighted by atomic mass is 16.5. The summed E-state index contributed by atoms with van der Waals surface area (Å²) in [4.78, 5) is 1.53. The van der Waals surface area contributed by atoms with Crippen LogP contribution in [0.5, 0.6) is 0 Å². The SMILES string of the molecule is CC(C)(C)OC[C@@H](O)C[NH+]1CCCCC1. The first-order chi connectivity index (χ1) is 6.97. The number of aliphatic hydroxyl groups excluding tert-OH is 1. The number of quaternary nitrogens is 1. The van der Waals surface area contributed by atoms with E-state index in [9.17, 15) is 5.11 Å². The fraction of sp³-hybridized carbons (Fsp3) is 1.00. The number of hydrogen-bond acceptors (Lipinski definition) is 2. The van der Waals surface area contributed by atoms with E-state index in [1.165, 1.54) is 37.3 Å². The minimum absolute atomic E-state index is 0.141. The summed E-state index contributed by atoms with van der Waals surface area (Å²) in [6.45, 7) is 9.80. The summed E-state index contributed by atoms with van der Waals surface area (Å²) in [7, 11) is 0. The minimum atomic E-state index is -0.308. The van der Waals surface area contributed by atoms with Gasteiger partial charge in [0.1, 0.15) is 12.6 Å². The van der Waals surface area contributed by atoms with Gasteiger partial charge in [0.25, 0.3) is 0 Å². The van der Waals surface area contributed by atoms with Gasteiger partial charge in [-0.1, -0.05) is 0 Å². The van der Waals surface area contributed by atoms with Gasteiger partial charge in [-0.2, -0.15) is 0 Å². The Morgan fingerprint density at radius 3 is 2.33 bits per heavy atom. The maximum Gasteiger partial charge on any atom is 0.126 e. The Morgan fingerprint density at radius 1 is 1.20 bits per heavy atom. The molecule has 0 radical (unpaired) electrons. The van der Waals surface area contributed by atoms with Crippen molar-refractivity contribution >= 4 is 0 Å². The fourth-order valence-electron chi connectivity index (χ4n) is 1.99. The van der Waals surface area contributed by atoms with E-state index in [1.807, 2.05) is 20.8 Å².